The molecule has 0 fully saturated rings. The number of sulfonamides is 1. The first-order chi connectivity index (χ1) is 19.2. The zero-order chi connectivity index (χ0) is 29.1. The van der Waals surface area contributed by atoms with Gasteiger partial charge in [-0.25, -0.2) is 8.42 Å². The normalized spacial score (nSPS) is 12.0. The molecule has 3 rings (SSSR count). The van der Waals surface area contributed by atoms with E-state index >= 15 is 0 Å². The first-order valence-corrected chi connectivity index (χ1v) is 15.4. The SMILES string of the molecule is CCCCNC(=O)C(CC)N(CCc1ccccc1)C(=O)CN(c1cccc(C)c1C)S(=O)(=O)c1ccccc1. The van der Waals surface area contributed by atoms with Crippen LogP contribution in [0.5, 0.6) is 0 Å². The quantitative estimate of drug-likeness (QED) is 0.271. The Bertz CT molecular complexity index is 1360. The topological polar surface area (TPSA) is 86.8 Å². The summed E-state index contributed by atoms with van der Waals surface area (Å²) in [5, 5.41) is 2.96. The summed E-state index contributed by atoms with van der Waals surface area (Å²) in [4.78, 5) is 29.0. The van der Waals surface area contributed by atoms with Crippen molar-refractivity contribution >= 4 is 27.5 Å². The molecule has 0 radical (unpaired) electrons. The number of nitrogens with one attached hydrogen (secondary N) is 1. The molecule has 8 heteroatoms. The average Bonchev–Trinajstić information content (AvgIpc) is 2.96. The highest BCUT2D eigenvalue weighted by atomic mass is 32.2. The van der Waals surface area contributed by atoms with Gasteiger partial charge in [0.15, 0.2) is 0 Å². The highest BCUT2D eigenvalue weighted by Crippen LogP contribution is 2.29. The molecule has 0 aliphatic carbocycles. The van der Waals surface area contributed by atoms with Crippen LogP contribution in [0.3, 0.4) is 0 Å². The maximum atomic E-state index is 14.1. The smallest absolute Gasteiger partial charge is 0.264 e. The summed E-state index contributed by atoms with van der Waals surface area (Å²) in [7, 11) is -4.07. The fourth-order valence-corrected chi connectivity index (χ4v) is 6.13. The molecule has 1 atom stereocenters. The van der Waals surface area contributed by atoms with Crippen molar-refractivity contribution in [1.29, 1.82) is 0 Å². The van der Waals surface area contributed by atoms with Gasteiger partial charge in [-0.1, -0.05) is 80.9 Å². The molecular formula is C32H41N3O4S. The Balaban J connectivity index is 2.01. The maximum absolute atomic E-state index is 14.1. The third-order valence-electron chi connectivity index (χ3n) is 7.15. The van der Waals surface area contributed by atoms with Crippen molar-refractivity contribution in [2.45, 2.75) is 64.3 Å². The van der Waals surface area contributed by atoms with E-state index in [2.05, 4.69) is 5.32 Å². The van der Waals surface area contributed by atoms with Crippen LogP contribution < -0.4 is 9.62 Å². The molecular weight excluding hydrogens is 522 g/mol. The van der Waals surface area contributed by atoms with Gasteiger partial charge < -0.3 is 10.2 Å². The lowest BCUT2D eigenvalue weighted by atomic mass is 10.1. The fourth-order valence-electron chi connectivity index (χ4n) is 4.64. The number of nitrogens with zero attached hydrogens (tertiary/aromatic N) is 2. The van der Waals surface area contributed by atoms with Crippen molar-refractivity contribution < 1.29 is 18.0 Å². The van der Waals surface area contributed by atoms with Crippen molar-refractivity contribution in [2.24, 2.45) is 0 Å². The van der Waals surface area contributed by atoms with Crippen LogP contribution in [-0.2, 0) is 26.0 Å². The van der Waals surface area contributed by atoms with Gasteiger partial charge in [0.1, 0.15) is 12.6 Å². The van der Waals surface area contributed by atoms with E-state index in [0.717, 1.165) is 29.5 Å². The van der Waals surface area contributed by atoms with E-state index in [-0.39, 0.29) is 17.3 Å². The lowest BCUT2D eigenvalue weighted by Gasteiger charge is -2.33. The molecule has 0 heterocycles. The van der Waals surface area contributed by atoms with Crippen LogP contribution in [0, 0.1) is 13.8 Å². The number of benzene rings is 3. The predicted molar refractivity (Wildman–Crippen MR) is 161 cm³/mol. The number of hydrogen-bond acceptors (Lipinski definition) is 4. The third kappa shape index (κ3) is 7.72. The second-order valence-corrected chi connectivity index (χ2v) is 11.8. The van der Waals surface area contributed by atoms with Crippen LogP contribution in [0.2, 0.25) is 0 Å². The Hall–Kier alpha value is -3.65. The Labute approximate surface area is 239 Å². The third-order valence-corrected chi connectivity index (χ3v) is 8.93. The minimum absolute atomic E-state index is 0.101. The Morgan fingerprint density at radius 3 is 2.15 bits per heavy atom. The number of anilines is 1. The van der Waals surface area contributed by atoms with E-state index in [0.29, 0.717) is 25.1 Å². The van der Waals surface area contributed by atoms with E-state index in [9.17, 15) is 18.0 Å². The minimum atomic E-state index is -4.07. The first kappa shape index (κ1) is 30.9. The predicted octanol–water partition coefficient (Wildman–Crippen LogP) is 5.26. The summed E-state index contributed by atoms with van der Waals surface area (Å²) in [6.07, 6.45) is 2.74. The first-order valence-electron chi connectivity index (χ1n) is 14.0. The van der Waals surface area contributed by atoms with Crippen molar-refractivity contribution in [1.82, 2.24) is 10.2 Å². The zero-order valence-corrected chi connectivity index (χ0v) is 24.8. The number of carbonyl (C=O) groups is 2. The molecule has 3 aromatic rings. The van der Waals surface area contributed by atoms with Crippen LogP contribution in [0.1, 0.15) is 49.8 Å². The molecule has 0 aliphatic rings. The largest absolute Gasteiger partial charge is 0.354 e. The standard InChI is InChI=1S/C32H41N3O4S/c1-5-7-22-33-32(37)29(6-2)34(23-21-27-16-10-8-11-17-27)31(36)24-35(30-20-14-15-25(3)26(30)4)40(38,39)28-18-12-9-13-19-28/h8-20,29H,5-7,21-24H2,1-4H3,(H,33,37). The Kier molecular flexibility index (Phi) is 11.3. The van der Waals surface area contributed by atoms with Gasteiger partial charge in [-0.3, -0.25) is 13.9 Å². The minimum Gasteiger partial charge on any atom is -0.354 e. The molecule has 0 bridgehead atoms. The van der Waals surface area contributed by atoms with Crippen molar-refractivity contribution in [3.63, 3.8) is 0 Å². The van der Waals surface area contributed by atoms with Crippen LogP contribution in [-0.4, -0.2) is 50.8 Å². The summed E-state index contributed by atoms with van der Waals surface area (Å²) in [6, 6.07) is 22.6. The lowest BCUT2D eigenvalue weighted by Crippen LogP contribution is -2.53. The molecule has 7 nitrogen and oxygen atoms in total. The molecule has 0 aliphatic heterocycles. The van der Waals surface area contributed by atoms with E-state index in [1.807, 2.05) is 64.1 Å². The average molecular weight is 564 g/mol. The maximum Gasteiger partial charge on any atom is 0.264 e. The molecule has 0 saturated heterocycles. The van der Waals surface area contributed by atoms with E-state index in [1.54, 1.807) is 35.2 Å². The number of rotatable bonds is 14. The van der Waals surface area contributed by atoms with E-state index in [1.165, 1.54) is 16.4 Å². The fraction of sp³-hybridized carbons (Fsp3) is 0.375. The number of aryl methyl sites for hydroxylation is 1. The van der Waals surface area contributed by atoms with Gasteiger partial charge >= 0.3 is 0 Å². The summed E-state index contributed by atoms with van der Waals surface area (Å²) in [6.45, 7) is 8.08. The molecule has 1 N–H and O–H groups in total. The van der Waals surface area contributed by atoms with Crippen LogP contribution in [0.25, 0.3) is 0 Å². The zero-order valence-electron chi connectivity index (χ0n) is 24.0. The molecule has 0 spiro atoms. The Morgan fingerprint density at radius 2 is 1.52 bits per heavy atom. The molecule has 0 saturated carbocycles. The van der Waals surface area contributed by atoms with Gasteiger partial charge in [-0.15, -0.1) is 0 Å². The van der Waals surface area contributed by atoms with Crippen LogP contribution in [0.4, 0.5) is 5.69 Å². The van der Waals surface area contributed by atoms with Gasteiger partial charge in [0.05, 0.1) is 10.6 Å². The summed E-state index contributed by atoms with van der Waals surface area (Å²) in [5.41, 5.74) is 3.17. The highest BCUT2D eigenvalue weighted by molar-refractivity contribution is 7.92. The monoisotopic (exact) mass is 563 g/mol. The lowest BCUT2D eigenvalue weighted by molar-refractivity contribution is -0.139. The van der Waals surface area contributed by atoms with Crippen molar-refractivity contribution in [3.05, 3.63) is 95.6 Å². The summed E-state index contributed by atoms with van der Waals surface area (Å²) in [5.74, 6) is -0.643. The van der Waals surface area contributed by atoms with Gasteiger partial charge in [0.2, 0.25) is 11.8 Å². The van der Waals surface area contributed by atoms with Crippen LogP contribution in [0.15, 0.2) is 83.8 Å². The number of amides is 2. The molecule has 2 amide bonds. The second kappa shape index (κ2) is 14.7. The number of hydrogen-bond donors (Lipinski definition) is 1. The van der Waals surface area contributed by atoms with Gasteiger partial charge in [0.25, 0.3) is 10.0 Å². The second-order valence-electron chi connectivity index (χ2n) is 9.94. The molecule has 0 aromatic heterocycles. The summed E-state index contributed by atoms with van der Waals surface area (Å²) < 4.78 is 29.1. The van der Waals surface area contributed by atoms with Gasteiger partial charge in [0, 0.05) is 13.1 Å². The van der Waals surface area contributed by atoms with Crippen molar-refractivity contribution in [3.8, 4) is 0 Å². The molecule has 1 unspecified atom stereocenters. The van der Waals surface area contributed by atoms with Crippen LogP contribution >= 0.6 is 0 Å². The molecule has 3 aromatic carbocycles. The van der Waals surface area contributed by atoms with Gasteiger partial charge in [-0.05, 0) is 68.0 Å². The van der Waals surface area contributed by atoms with E-state index < -0.39 is 28.5 Å². The Morgan fingerprint density at radius 1 is 0.875 bits per heavy atom. The van der Waals surface area contributed by atoms with E-state index in [4.69, 9.17) is 0 Å². The number of carbonyl (C=O) groups excluding carboxylic acids is 2. The number of unbranched alkanes of at least 4 members (excludes halogenated alkanes) is 1. The highest BCUT2D eigenvalue weighted by Gasteiger charge is 2.34. The van der Waals surface area contributed by atoms with Gasteiger partial charge in [-0.2, -0.15) is 0 Å². The molecule has 214 valence electrons. The summed E-state index contributed by atoms with van der Waals surface area (Å²) >= 11 is 0. The molecule has 40 heavy (non-hydrogen) atoms. The van der Waals surface area contributed by atoms with Crippen molar-refractivity contribution in [2.75, 3.05) is 23.9 Å².